The molecule has 0 atom stereocenters. The van der Waals surface area contributed by atoms with Gasteiger partial charge in [0.25, 0.3) is 5.71 Å². The summed E-state index contributed by atoms with van der Waals surface area (Å²) in [5.41, 5.74) is 7.45. The monoisotopic (exact) mass is 391 g/mol. The minimum atomic E-state index is 0.280. The van der Waals surface area contributed by atoms with Crippen LogP contribution in [0.15, 0.2) is 33.8 Å². The number of hydrogen-bond donors (Lipinski definition) is 0. The van der Waals surface area contributed by atoms with E-state index in [2.05, 4.69) is 45.5 Å². The minimum absolute atomic E-state index is 0.280. The smallest absolute Gasteiger partial charge is 0.267 e. The Bertz CT molecular complexity index is 1450. The highest BCUT2D eigenvalue weighted by Gasteiger charge is 2.18. The molecule has 0 spiro atoms. The van der Waals surface area contributed by atoms with Gasteiger partial charge in [0.15, 0.2) is 15.4 Å². The number of hydrogen-bond acceptors (Lipinski definition) is 12. The molecule has 6 aromatic rings. The molecule has 0 bridgehead atoms. The van der Waals surface area contributed by atoms with Crippen LogP contribution in [-0.2, 0) is 0 Å². The summed E-state index contributed by atoms with van der Waals surface area (Å²) in [6, 6.07) is 3.61. The first-order chi connectivity index (χ1) is 13.3. The summed E-state index contributed by atoms with van der Waals surface area (Å²) < 4.78 is 5.74. The Labute approximate surface area is 157 Å². The van der Waals surface area contributed by atoms with Gasteiger partial charge in [0.05, 0.1) is 28.5 Å². The predicted octanol–water partition coefficient (Wildman–Crippen LogP) is 2.75. The van der Waals surface area contributed by atoms with Crippen molar-refractivity contribution in [3.8, 4) is 22.8 Å². The SMILES string of the molecule is c1nc2cc(-c3nc4c(-c5cc6ncsc6nn5)cnnc4o3)nnc2s1. The van der Waals surface area contributed by atoms with Crippen LogP contribution in [-0.4, -0.2) is 45.5 Å². The highest BCUT2D eigenvalue weighted by molar-refractivity contribution is 7.16. The van der Waals surface area contributed by atoms with Gasteiger partial charge in [0.2, 0.25) is 5.89 Å². The van der Waals surface area contributed by atoms with Crippen molar-refractivity contribution in [2.24, 2.45) is 0 Å². The van der Waals surface area contributed by atoms with E-state index in [1.807, 2.05) is 6.07 Å². The Morgan fingerprint density at radius 1 is 0.778 bits per heavy atom. The molecule has 128 valence electrons. The zero-order valence-corrected chi connectivity index (χ0v) is 14.8. The summed E-state index contributed by atoms with van der Waals surface area (Å²) in [5.74, 6) is 0.289. The topological polar surface area (TPSA) is 129 Å². The van der Waals surface area contributed by atoms with Crippen molar-refractivity contribution >= 4 is 54.6 Å². The van der Waals surface area contributed by atoms with Crippen molar-refractivity contribution in [3.63, 3.8) is 0 Å². The Balaban J connectivity index is 1.54. The summed E-state index contributed by atoms with van der Waals surface area (Å²) >= 11 is 2.85. The van der Waals surface area contributed by atoms with E-state index in [0.717, 1.165) is 20.7 Å². The van der Waals surface area contributed by atoms with Gasteiger partial charge in [-0.1, -0.05) is 0 Å². The van der Waals surface area contributed by atoms with Crippen molar-refractivity contribution in [3.05, 3.63) is 29.4 Å². The number of thiazole rings is 2. The second-order valence-electron chi connectivity index (χ2n) is 5.48. The van der Waals surface area contributed by atoms with Crippen LogP contribution in [0, 0.1) is 0 Å². The lowest BCUT2D eigenvalue weighted by Gasteiger charge is -1.98. The maximum absolute atomic E-state index is 5.74. The molecule has 0 saturated carbocycles. The number of fused-ring (bicyclic) bond motifs is 3. The normalized spacial score (nSPS) is 11.7. The third kappa shape index (κ3) is 2.27. The molecule has 0 aromatic carbocycles. The van der Waals surface area contributed by atoms with Crippen LogP contribution in [0.3, 0.4) is 0 Å². The van der Waals surface area contributed by atoms with Gasteiger partial charge in [0.1, 0.15) is 16.6 Å². The molecular formula is C15H5N9OS2. The standard InChI is InChI=1S/C15H5N9OS2/c1-7(20-23-14-9(1)16-4-26-14)6-3-18-22-13-11(6)19-12(25-13)8-2-10-15(24-21-8)27-5-17-10/h1-5H. The third-order valence-corrected chi connectivity index (χ3v) is 5.34. The maximum Gasteiger partial charge on any atom is 0.267 e. The van der Waals surface area contributed by atoms with Crippen molar-refractivity contribution in [2.75, 3.05) is 0 Å². The molecule has 10 nitrogen and oxygen atoms in total. The van der Waals surface area contributed by atoms with Crippen molar-refractivity contribution in [1.29, 1.82) is 0 Å². The van der Waals surface area contributed by atoms with Crippen LogP contribution in [0.5, 0.6) is 0 Å². The predicted molar refractivity (Wildman–Crippen MR) is 98.0 cm³/mol. The van der Waals surface area contributed by atoms with Gasteiger partial charge in [-0.15, -0.1) is 48.2 Å². The van der Waals surface area contributed by atoms with Gasteiger partial charge < -0.3 is 4.42 Å². The van der Waals surface area contributed by atoms with Crippen LogP contribution >= 0.6 is 22.7 Å². The minimum Gasteiger partial charge on any atom is -0.414 e. The molecule has 0 aliphatic rings. The average molecular weight is 391 g/mol. The second kappa shape index (κ2) is 5.49. The Morgan fingerprint density at radius 3 is 2.26 bits per heavy atom. The Morgan fingerprint density at radius 2 is 1.48 bits per heavy atom. The average Bonchev–Trinajstić information content (AvgIpc) is 3.44. The molecule has 12 heteroatoms. The lowest BCUT2D eigenvalue weighted by Crippen LogP contribution is -1.91. The van der Waals surface area contributed by atoms with Crippen molar-refractivity contribution in [1.82, 2.24) is 45.5 Å². The van der Waals surface area contributed by atoms with Crippen LogP contribution in [0.2, 0.25) is 0 Å². The van der Waals surface area contributed by atoms with Crippen LogP contribution in [0.4, 0.5) is 0 Å². The fourth-order valence-electron chi connectivity index (χ4n) is 2.65. The number of oxazole rings is 1. The van der Waals surface area contributed by atoms with E-state index in [-0.39, 0.29) is 11.6 Å². The van der Waals surface area contributed by atoms with Gasteiger partial charge >= 0.3 is 0 Å². The molecule has 0 radical (unpaired) electrons. The van der Waals surface area contributed by atoms with E-state index in [1.165, 1.54) is 22.7 Å². The zero-order valence-electron chi connectivity index (χ0n) is 13.1. The number of aromatic nitrogens is 9. The van der Waals surface area contributed by atoms with Crippen molar-refractivity contribution in [2.45, 2.75) is 0 Å². The summed E-state index contributed by atoms with van der Waals surface area (Å²) in [5, 5.41) is 24.7. The van der Waals surface area contributed by atoms with Crippen molar-refractivity contribution < 1.29 is 4.42 Å². The van der Waals surface area contributed by atoms with Gasteiger partial charge in [0, 0.05) is 6.07 Å². The highest BCUT2D eigenvalue weighted by Crippen LogP contribution is 2.30. The van der Waals surface area contributed by atoms with Gasteiger partial charge in [-0.3, -0.25) is 0 Å². The zero-order chi connectivity index (χ0) is 17.8. The Hall–Kier alpha value is -3.51. The first kappa shape index (κ1) is 14.6. The van der Waals surface area contributed by atoms with Gasteiger partial charge in [-0.25, -0.2) is 15.0 Å². The molecular weight excluding hydrogens is 386 g/mol. The molecule has 6 aromatic heterocycles. The highest BCUT2D eigenvalue weighted by atomic mass is 32.1. The summed E-state index contributed by atoms with van der Waals surface area (Å²) in [7, 11) is 0. The molecule has 0 saturated heterocycles. The van der Waals surface area contributed by atoms with E-state index in [9.17, 15) is 0 Å². The van der Waals surface area contributed by atoms with Crippen LogP contribution in [0.25, 0.3) is 54.8 Å². The summed E-state index contributed by atoms with van der Waals surface area (Å²) in [6.45, 7) is 0. The molecule has 0 unspecified atom stereocenters. The third-order valence-electron chi connectivity index (χ3n) is 3.89. The molecule has 0 N–H and O–H groups in total. The first-order valence-corrected chi connectivity index (χ1v) is 9.38. The first-order valence-electron chi connectivity index (χ1n) is 7.62. The quantitative estimate of drug-likeness (QED) is 0.434. The van der Waals surface area contributed by atoms with E-state index in [4.69, 9.17) is 4.42 Å². The molecule has 0 amide bonds. The van der Waals surface area contributed by atoms with Gasteiger partial charge in [-0.05, 0) is 6.07 Å². The molecule has 0 aliphatic carbocycles. The second-order valence-corrected chi connectivity index (χ2v) is 7.14. The summed E-state index contributed by atoms with van der Waals surface area (Å²) in [6.07, 6.45) is 1.58. The van der Waals surface area contributed by atoms with E-state index in [0.29, 0.717) is 22.5 Å². The molecule has 27 heavy (non-hydrogen) atoms. The van der Waals surface area contributed by atoms with Crippen LogP contribution < -0.4 is 0 Å². The molecule has 6 rings (SSSR count). The number of nitrogens with zero attached hydrogens (tertiary/aromatic N) is 9. The fraction of sp³-hybridized carbons (Fsp3) is 0. The van der Waals surface area contributed by atoms with E-state index < -0.39 is 0 Å². The largest absolute Gasteiger partial charge is 0.414 e. The van der Waals surface area contributed by atoms with Crippen LogP contribution in [0.1, 0.15) is 0 Å². The maximum atomic E-state index is 5.74. The molecule has 0 aliphatic heterocycles. The fourth-order valence-corrected chi connectivity index (χ4v) is 3.82. The van der Waals surface area contributed by atoms with Gasteiger partial charge in [-0.2, -0.15) is 5.10 Å². The van der Waals surface area contributed by atoms with E-state index in [1.54, 1.807) is 23.3 Å². The molecule has 0 fully saturated rings. The Kier molecular flexibility index (Phi) is 2.98. The van der Waals surface area contributed by atoms with E-state index >= 15 is 0 Å². The molecule has 6 heterocycles. The summed E-state index contributed by atoms with van der Waals surface area (Å²) in [4.78, 5) is 14.6. The number of rotatable bonds is 2. The lowest BCUT2D eigenvalue weighted by atomic mass is 10.2. The lowest BCUT2D eigenvalue weighted by molar-refractivity contribution is 0.598.